The van der Waals surface area contributed by atoms with E-state index in [2.05, 4.69) is 16.3 Å². The lowest BCUT2D eigenvalue weighted by Crippen LogP contribution is -2.21. The van der Waals surface area contributed by atoms with E-state index in [9.17, 15) is 5.26 Å². The number of hydrogen-bond acceptors (Lipinski definition) is 6. The minimum Gasteiger partial charge on any atom is -0.497 e. The van der Waals surface area contributed by atoms with Gasteiger partial charge in [-0.15, -0.1) is 5.10 Å². The molecule has 1 aromatic heterocycles. The normalized spacial score (nSPS) is 15.2. The van der Waals surface area contributed by atoms with Gasteiger partial charge in [-0.3, -0.25) is 5.10 Å². The topological polar surface area (TPSA) is 106 Å². The average Bonchev–Trinajstić information content (AvgIpc) is 3.17. The first-order valence-electron chi connectivity index (χ1n) is 8.81. The summed E-state index contributed by atoms with van der Waals surface area (Å²) in [4.78, 5) is 0. The molecule has 0 spiro atoms. The van der Waals surface area contributed by atoms with E-state index in [1.165, 1.54) is 0 Å². The number of allylic oxidation sites excluding steroid dienone is 1. The summed E-state index contributed by atoms with van der Waals surface area (Å²) >= 11 is 12.3. The Balaban J connectivity index is 1.97. The third-order valence-corrected chi connectivity index (χ3v) is 5.64. The lowest BCUT2D eigenvalue weighted by Gasteiger charge is -2.25. The van der Waals surface area contributed by atoms with Crippen LogP contribution in [0.2, 0.25) is 10.0 Å². The summed E-state index contributed by atoms with van der Waals surface area (Å²) in [6, 6.07) is 12.7. The Morgan fingerprint density at radius 3 is 2.60 bits per heavy atom. The van der Waals surface area contributed by atoms with Gasteiger partial charge in [0, 0.05) is 17.2 Å². The Morgan fingerprint density at radius 2 is 1.93 bits per heavy atom. The lowest BCUT2D eigenvalue weighted by atomic mass is 9.82. The van der Waals surface area contributed by atoms with Crippen LogP contribution in [0.15, 0.2) is 47.9 Å². The molecule has 2 aromatic carbocycles. The van der Waals surface area contributed by atoms with Gasteiger partial charge in [0.25, 0.3) is 0 Å². The Hall–Kier alpha value is -3.34. The van der Waals surface area contributed by atoms with Gasteiger partial charge in [0.1, 0.15) is 23.1 Å². The highest BCUT2D eigenvalue weighted by molar-refractivity contribution is 6.42. The summed E-state index contributed by atoms with van der Waals surface area (Å²) < 4.78 is 16.5. The maximum atomic E-state index is 9.86. The first-order chi connectivity index (χ1) is 14.5. The van der Waals surface area contributed by atoms with Crippen LogP contribution in [-0.4, -0.2) is 24.4 Å². The van der Waals surface area contributed by atoms with E-state index < -0.39 is 5.92 Å². The number of benzene rings is 2. The lowest BCUT2D eigenvalue weighted by molar-refractivity contribution is 0.373. The van der Waals surface area contributed by atoms with Crippen molar-refractivity contribution in [3.63, 3.8) is 0 Å². The minimum absolute atomic E-state index is 0.0138. The van der Waals surface area contributed by atoms with Gasteiger partial charge < -0.3 is 19.9 Å². The molecule has 2 heterocycles. The number of nitriles is 1. The number of aromatic nitrogens is 2. The smallest absolute Gasteiger partial charge is 0.244 e. The van der Waals surface area contributed by atoms with Crippen LogP contribution in [0.1, 0.15) is 17.0 Å². The second-order valence-electron chi connectivity index (χ2n) is 6.48. The van der Waals surface area contributed by atoms with E-state index in [1.54, 1.807) is 44.6 Å². The number of nitrogens with zero attached hydrogens (tertiary/aromatic N) is 2. The van der Waals surface area contributed by atoms with Crippen molar-refractivity contribution in [1.29, 1.82) is 5.26 Å². The molecule has 0 amide bonds. The number of aromatic amines is 1. The number of H-pyrrole nitrogens is 1. The standard InChI is InChI=1S/C21H16Cl2N4O3/c1-28-11-4-5-12(16(8-11)29-2)17-13(9-24)20(25)30-21-18(17)19(26-27-21)10-3-6-14(22)15(23)7-10/h3-8,17H,25H2,1-2H3,(H,26,27)/t17-/m0/s1. The molecule has 0 unspecified atom stereocenters. The number of fused-ring (bicyclic) bond motifs is 1. The molecule has 9 heteroatoms. The van der Waals surface area contributed by atoms with Crippen molar-refractivity contribution in [2.75, 3.05) is 14.2 Å². The molecule has 1 aliphatic rings. The van der Waals surface area contributed by atoms with Crippen molar-refractivity contribution >= 4 is 23.2 Å². The summed E-state index contributed by atoms with van der Waals surface area (Å²) in [7, 11) is 3.12. The van der Waals surface area contributed by atoms with E-state index in [-0.39, 0.29) is 17.3 Å². The van der Waals surface area contributed by atoms with E-state index in [4.69, 9.17) is 43.1 Å². The second kappa shape index (κ2) is 7.82. The molecule has 0 bridgehead atoms. The SMILES string of the molecule is COc1ccc([C@H]2C(C#N)=C(N)Oc3n[nH]c(-c4ccc(Cl)c(Cl)c4)c32)c(OC)c1. The molecule has 0 fully saturated rings. The molecule has 3 aromatic rings. The fourth-order valence-corrected chi connectivity index (χ4v) is 3.78. The monoisotopic (exact) mass is 442 g/mol. The molecule has 0 saturated carbocycles. The molecule has 4 rings (SSSR count). The minimum atomic E-state index is -0.581. The molecule has 1 aliphatic heterocycles. The molecule has 0 saturated heterocycles. The van der Waals surface area contributed by atoms with Crippen LogP contribution in [0.4, 0.5) is 0 Å². The van der Waals surface area contributed by atoms with Crippen LogP contribution < -0.4 is 19.9 Å². The van der Waals surface area contributed by atoms with Crippen molar-refractivity contribution in [2.24, 2.45) is 5.73 Å². The predicted molar refractivity (Wildman–Crippen MR) is 113 cm³/mol. The quantitative estimate of drug-likeness (QED) is 0.610. The zero-order valence-electron chi connectivity index (χ0n) is 16.0. The Labute approximate surface area is 182 Å². The maximum Gasteiger partial charge on any atom is 0.244 e. The van der Waals surface area contributed by atoms with E-state index >= 15 is 0 Å². The fourth-order valence-electron chi connectivity index (χ4n) is 3.48. The summed E-state index contributed by atoms with van der Waals surface area (Å²) in [6.45, 7) is 0. The average molecular weight is 443 g/mol. The van der Waals surface area contributed by atoms with Gasteiger partial charge in [-0.2, -0.15) is 5.26 Å². The van der Waals surface area contributed by atoms with Crippen molar-refractivity contribution in [2.45, 2.75) is 5.92 Å². The molecule has 1 atom stereocenters. The third kappa shape index (κ3) is 3.20. The molecule has 152 valence electrons. The van der Waals surface area contributed by atoms with Gasteiger partial charge in [-0.05, 0) is 18.2 Å². The Bertz CT molecular complexity index is 1210. The highest BCUT2D eigenvalue weighted by atomic mass is 35.5. The summed E-state index contributed by atoms with van der Waals surface area (Å²) in [5.41, 5.74) is 9.01. The predicted octanol–water partition coefficient (Wildman–Crippen LogP) is 4.62. The first-order valence-corrected chi connectivity index (χ1v) is 9.57. The van der Waals surface area contributed by atoms with Crippen molar-refractivity contribution in [1.82, 2.24) is 10.2 Å². The van der Waals surface area contributed by atoms with Gasteiger partial charge in [0.15, 0.2) is 0 Å². The van der Waals surface area contributed by atoms with Crippen LogP contribution in [0.25, 0.3) is 11.3 Å². The maximum absolute atomic E-state index is 9.86. The van der Waals surface area contributed by atoms with Gasteiger partial charge in [0.05, 0.1) is 41.4 Å². The molecule has 30 heavy (non-hydrogen) atoms. The van der Waals surface area contributed by atoms with Crippen LogP contribution in [0.3, 0.4) is 0 Å². The summed E-state index contributed by atoms with van der Waals surface area (Å²) in [5, 5.41) is 17.9. The Morgan fingerprint density at radius 1 is 1.13 bits per heavy atom. The molecule has 3 N–H and O–H groups in total. The number of nitrogens with one attached hydrogen (secondary N) is 1. The molecular formula is C21H16Cl2N4O3. The highest BCUT2D eigenvalue weighted by Crippen LogP contribution is 2.48. The fraction of sp³-hybridized carbons (Fsp3) is 0.143. The first kappa shape index (κ1) is 20.0. The van der Waals surface area contributed by atoms with Gasteiger partial charge in [0.2, 0.25) is 11.8 Å². The van der Waals surface area contributed by atoms with Crippen molar-refractivity contribution < 1.29 is 14.2 Å². The van der Waals surface area contributed by atoms with Crippen molar-refractivity contribution in [3.8, 4) is 34.7 Å². The highest BCUT2D eigenvalue weighted by Gasteiger charge is 2.37. The largest absolute Gasteiger partial charge is 0.497 e. The van der Waals surface area contributed by atoms with Crippen LogP contribution in [0.5, 0.6) is 17.4 Å². The zero-order chi connectivity index (χ0) is 21.4. The summed E-state index contributed by atoms with van der Waals surface area (Å²) in [5.74, 6) is 0.836. The van der Waals surface area contributed by atoms with E-state index in [0.717, 1.165) is 5.56 Å². The van der Waals surface area contributed by atoms with Crippen molar-refractivity contribution in [3.05, 3.63) is 69.0 Å². The zero-order valence-corrected chi connectivity index (χ0v) is 17.5. The third-order valence-electron chi connectivity index (χ3n) is 4.90. The molecule has 0 radical (unpaired) electrons. The molecular weight excluding hydrogens is 427 g/mol. The Kier molecular flexibility index (Phi) is 5.20. The van der Waals surface area contributed by atoms with Gasteiger partial charge >= 0.3 is 0 Å². The van der Waals surface area contributed by atoms with E-state index in [1.807, 2.05) is 6.07 Å². The molecule has 7 nitrogen and oxygen atoms in total. The van der Waals surface area contributed by atoms with Gasteiger partial charge in [-0.1, -0.05) is 35.3 Å². The van der Waals surface area contributed by atoms with Crippen LogP contribution >= 0.6 is 23.2 Å². The number of ether oxygens (including phenoxy) is 3. The number of nitrogens with two attached hydrogens (primary N) is 1. The summed E-state index contributed by atoms with van der Waals surface area (Å²) in [6.07, 6.45) is 0. The number of halogens is 2. The number of methoxy groups -OCH3 is 2. The van der Waals surface area contributed by atoms with Gasteiger partial charge in [-0.25, -0.2) is 0 Å². The number of hydrogen-bond donors (Lipinski definition) is 2. The molecule has 0 aliphatic carbocycles. The second-order valence-corrected chi connectivity index (χ2v) is 7.29. The van der Waals surface area contributed by atoms with Crippen LogP contribution in [0, 0.1) is 11.3 Å². The van der Waals surface area contributed by atoms with E-state index in [0.29, 0.717) is 38.4 Å². The number of rotatable bonds is 4. The van der Waals surface area contributed by atoms with Crippen LogP contribution in [-0.2, 0) is 0 Å².